The SMILES string of the molecule is CCNC(=NCc1ccnc(N2CCCCC2)c1)NCC(C)(O)c1cccs1. The number of anilines is 1. The Kier molecular flexibility index (Phi) is 7.28. The predicted molar refractivity (Wildman–Crippen MR) is 117 cm³/mol. The van der Waals surface area contributed by atoms with Crippen LogP contribution in [0.5, 0.6) is 0 Å². The summed E-state index contributed by atoms with van der Waals surface area (Å²) in [5, 5.41) is 19.2. The number of aromatic nitrogens is 1. The monoisotopic (exact) mass is 401 g/mol. The summed E-state index contributed by atoms with van der Waals surface area (Å²) in [6, 6.07) is 8.06. The molecule has 28 heavy (non-hydrogen) atoms. The minimum atomic E-state index is -0.928. The Bertz CT molecular complexity index is 754. The van der Waals surface area contributed by atoms with Gasteiger partial charge in [0.15, 0.2) is 5.96 Å². The van der Waals surface area contributed by atoms with Crippen LogP contribution in [-0.4, -0.2) is 42.2 Å². The van der Waals surface area contributed by atoms with E-state index in [4.69, 9.17) is 4.99 Å². The molecule has 1 atom stereocenters. The molecule has 152 valence electrons. The fourth-order valence-electron chi connectivity index (χ4n) is 3.29. The number of rotatable bonds is 7. The van der Waals surface area contributed by atoms with Gasteiger partial charge in [-0.1, -0.05) is 6.07 Å². The van der Waals surface area contributed by atoms with Crippen LogP contribution in [0.25, 0.3) is 0 Å². The summed E-state index contributed by atoms with van der Waals surface area (Å²) < 4.78 is 0. The Balaban J connectivity index is 1.62. The van der Waals surface area contributed by atoms with E-state index in [-0.39, 0.29) is 0 Å². The van der Waals surface area contributed by atoms with Gasteiger partial charge in [0.2, 0.25) is 0 Å². The molecule has 2 aromatic heterocycles. The molecule has 0 amide bonds. The second kappa shape index (κ2) is 9.89. The summed E-state index contributed by atoms with van der Waals surface area (Å²) in [7, 11) is 0. The summed E-state index contributed by atoms with van der Waals surface area (Å²) in [5.74, 6) is 1.75. The van der Waals surface area contributed by atoms with E-state index in [0.29, 0.717) is 19.0 Å². The van der Waals surface area contributed by atoms with Crippen LogP contribution in [0, 0.1) is 0 Å². The van der Waals surface area contributed by atoms with Crippen molar-refractivity contribution in [1.82, 2.24) is 15.6 Å². The second-order valence-corrected chi connectivity index (χ2v) is 8.32. The highest BCUT2D eigenvalue weighted by Crippen LogP contribution is 2.24. The first-order chi connectivity index (χ1) is 13.6. The van der Waals surface area contributed by atoms with Gasteiger partial charge in [-0.05, 0) is 62.3 Å². The Labute approximate surface area is 171 Å². The molecule has 0 bridgehead atoms. The van der Waals surface area contributed by atoms with Crippen LogP contribution in [0.4, 0.5) is 5.82 Å². The number of aliphatic hydroxyl groups is 1. The van der Waals surface area contributed by atoms with Crippen molar-refractivity contribution in [2.75, 3.05) is 31.1 Å². The molecule has 1 fully saturated rings. The van der Waals surface area contributed by atoms with Gasteiger partial charge in [-0.2, -0.15) is 0 Å². The van der Waals surface area contributed by atoms with Crippen molar-refractivity contribution in [2.24, 2.45) is 4.99 Å². The lowest BCUT2D eigenvalue weighted by molar-refractivity contribution is 0.0655. The maximum Gasteiger partial charge on any atom is 0.191 e. The maximum atomic E-state index is 10.7. The molecule has 3 N–H and O–H groups in total. The van der Waals surface area contributed by atoms with Gasteiger partial charge < -0.3 is 20.6 Å². The van der Waals surface area contributed by atoms with Crippen LogP contribution in [-0.2, 0) is 12.1 Å². The van der Waals surface area contributed by atoms with E-state index in [9.17, 15) is 5.11 Å². The topological polar surface area (TPSA) is 72.8 Å². The van der Waals surface area contributed by atoms with Gasteiger partial charge in [0.05, 0.1) is 13.1 Å². The zero-order valence-corrected chi connectivity index (χ0v) is 17.6. The van der Waals surface area contributed by atoms with Crippen molar-refractivity contribution >= 4 is 23.1 Å². The van der Waals surface area contributed by atoms with E-state index in [2.05, 4.69) is 26.6 Å². The molecule has 0 spiro atoms. The fourth-order valence-corrected chi connectivity index (χ4v) is 4.08. The van der Waals surface area contributed by atoms with Gasteiger partial charge in [0, 0.05) is 30.7 Å². The summed E-state index contributed by atoms with van der Waals surface area (Å²) in [6.45, 7) is 7.76. The number of thiophene rings is 1. The summed E-state index contributed by atoms with van der Waals surface area (Å²) in [5.41, 5.74) is 0.209. The third-order valence-corrected chi connectivity index (χ3v) is 6.03. The average Bonchev–Trinajstić information content (AvgIpc) is 3.27. The Morgan fingerprint density at radius 2 is 2.11 bits per heavy atom. The van der Waals surface area contributed by atoms with E-state index in [1.807, 2.05) is 43.6 Å². The van der Waals surface area contributed by atoms with Crippen LogP contribution in [0.3, 0.4) is 0 Å². The molecule has 1 saturated heterocycles. The lowest BCUT2D eigenvalue weighted by Crippen LogP contribution is -2.44. The van der Waals surface area contributed by atoms with Crippen molar-refractivity contribution in [3.63, 3.8) is 0 Å². The van der Waals surface area contributed by atoms with E-state index in [1.54, 1.807) is 11.3 Å². The molecule has 1 aliphatic heterocycles. The van der Waals surface area contributed by atoms with Crippen molar-refractivity contribution in [2.45, 2.75) is 45.3 Å². The van der Waals surface area contributed by atoms with Crippen LogP contribution in [0.15, 0.2) is 40.8 Å². The molecule has 0 radical (unpaired) electrons. The van der Waals surface area contributed by atoms with Crippen molar-refractivity contribution < 1.29 is 5.11 Å². The Hall–Kier alpha value is -2.12. The number of nitrogens with zero attached hydrogens (tertiary/aromatic N) is 3. The normalized spacial score (nSPS) is 17.2. The van der Waals surface area contributed by atoms with Crippen molar-refractivity contribution in [3.8, 4) is 0 Å². The van der Waals surface area contributed by atoms with Gasteiger partial charge >= 0.3 is 0 Å². The van der Waals surface area contributed by atoms with Crippen molar-refractivity contribution in [1.29, 1.82) is 0 Å². The lowest BCUT2D eigenvalue weighted by atomic mass is 10.1. The van der Waals surface area contributed by atoms with Crippen LogP contribution in [0.1, 0.15) is 43.6 Å². The van der Waals surface area contributed by atoms with Crippen LogP contribution < -0.4 is 15.5 Å². The predicted octanol–water partition coefficient (Wildman–Crippen LogP) is 3.10. The molecule has 2 aromatic rings. The first-order valence-corrected chi connectivity index (χ1v) is 10.9. The maximum absolute atomic E-state index is 10.7. The number of hydrogen-bond acceptors (Lipinski definition) is 5. The van der Waals surface area contributed by atoms with E-state index < -0.39 is 5.60 Å². The third kappa shape index (κ3) is 5.69. The quantitative estimate of drug-likeness (QED) is 0.491. The molecule has 0 aliphatic carbocycles. The number of aliphatic imine (C=N–C) groups is 1. The largest absolute Gasteiger partial charge is 0.383 e. The Morgan fingerprint density at radius 1 is 1.29 bits per heavy atom. The molecule has 0 aromatic carbocycles. The summed E-state index contributed by atoms with van der Waals surface area (Å²) in [4.78, 5) is 12.5. The number of piperidine rings is 1. The zero-order valence-electron chi connectivity index (χ0n) is 16.8. The minimum Gasteiger partial charge on any atom is -0.383 e. The van der Waals surface area contributed by atoms with E-state index in [1.165, 1.54) is 19.3 Å². The van der Waals surface area contributed by atoms with Gasteiger partial charge in [-0.15, -0.1) is 11.3 Å². The summed E-state index contributed by atoms with van der Waals surface area (Å²) in [6.07, 6.45) is 5.66. The number of hydrogen-bond donors (Lipinski definition) is 3. The first-order valence-electron chi connectivity index (χ1n) is 10.1. The average molecular weight is 402 g/mol. The standard InChI is InChI=1S/C21H31N5OS/c1-3-22-20(25-16-21(2,27)18-8-7-13-28-18)24-15-17-9-10-23-19(14-17)26-11-5-4-6-12-26/h7-10,13-14,27H,3-6,11-12,15-16H2,1-2H3,(H2,22,24,25). The molecule has 3 rings (SSSR count). The smallest absolute Gasteiger partial charge is 0.191 e. The van der Waals surface area contributed by atoms with Crippen LogP contribution >= 0.6 is 11.3 Å². The zero-order chi connectivity index (χ0) is 19.8. The molecule has 1 unspecified atom stereocenters. The van der Waals surface area contributed by atoms with Gasteiger partial charge in [-0.25, -0.2) is 9.98 Å². The van der Waals surface area contributed by atoms with Gasteiger partial charge in [0.1, 0.15) is 11.4 Å². The highest BCUT2D eigenvalue weighted by Gasteiger charge is 2.24. The highest BCUT2D eigenvalue weighted by molar-refractivity contribution is 7.10. The Morgan fingerprint density at radius 3 is 2.82 bits per heavy atom. The molecule has 0 saturated carbocycles. The fraction of sp³-hybridized carbons (Fsp3) is 0.524. The first kappa shape index (κ1) is 20.6. The van der Waals surface area contributed by atoms with E-state index >= 15 is 0 Å². The highest BCUT2D eigenvalue weighted by atomic mass is 32.1. The number of pyridine rings is 1. The van der Waals surface area contributed by atoms with Crippen LogP contribution in [0.2, 0.25) is 0 Å². The van der Waals surface area contributed by atoms with Crippen molar-refractivity contribution in [3.05, 3.63) is 46.3 Å². The number of nitrogens with one attached hydrogen (secondary N) is 2. The molecule has 3 heterocycles. The molecular weight excluding hydrogens is 370 g/mol. The second-order valence-electron chi connectivity index (χ2n) is 7.37. The molecule has 7 heteroatoms. The molecule has 1 aliphatic rings. The molecule has 6 nitrogen and oxygen atoms in total. The van der Waals surface area contributed by atoms with Gasteiger partial charge in [-0.3, -0.25) is 0 Å². The van der Waals surface area contributed by atoms with E-state index in [0.717, 1.165) is 35.9 Å². The van der Waals surface area contributed by atoms with Gasteiger partial charge in [0.25, 0.3) is 0 Å². The molecular formula is C21H31N5OS. The summed E-state index contributed by atoms with van der Waals surface area (Å²) >= 11 is 1.56. The minimum absolute atomic E-state index is 0.398. The lowest BCUT2D eigenvalue weighted by Gasteiger charge is -2.27. The third-order valence-electron chi connectivity index (χ3n) is 4.91. The number of guanidine groups is 1.